The Kier molecular flexibility index (Phi) is 13.1. The van der Waals surface area contributed by atoms with E-state index in [9.17, 15) is 14.5 Å². The van der Waals surface area contributed by atoms with Gasteiger partial charge in [-0.25, -0.2) is 4.57 Å². The van der Waals surface area contributed by atoms with E-state index in [0.29, 0.717) is 12.3 Å². The van der Waals surface area contributed by atoms with E-state index in [2.05, 4.69) is 44.4 Å². The summed E-state index contributed by atoms with van der Waals surface area (Å²) in [5.41, 5.74) is 0.194. The van der Waals surface area contributed by atoms with Gasteiger partial charge in [-0.05, 0) is 30.6 Å². The van der Waals surface area contributed by atoms with Gasteiger partial charge in [-0.15, -0.1) is 0 Å². The van der Waals surface area contributed by atoms with E-state index < -0.39 is 26.5 Å². The molecule has 0 aliphatic heterocycles. The smallest absolute Gasteiger partial charge is 0.463 e. The Morgan fingerprint density at radius 3 is 2.48 bits per heavy atom. The second kappa shape index (κ2) is 13.5. The van der Waals surface area contributed by atoms with E-state index in [4.69, 9.17) is 14.5 Å². The Bertz CT molecular complexity index is 484. The van der Waals surface area contributed by atoms with Crippen LogP contribution in [0.25, 0.3) is 0 Å². The quantitative estimate of drug-likeness (QED) is 0.163. The van der Waals surface area contributed by atoms with E-state index in [0.717, 1.165) is 6.42 Å². The number of allylic oxidation sites excluding steroid dienone is 2. The lowest BCUT2D eigenvalue weighted by Gasteiger charge is -2.20. The summed E-state index contributed by atoms with van der Waals surface area (Å²) in [7, 11) is -4.63. The van der Waals surface area contributed by atoms with E-state index in [1.807, 2.05) is 0 Å². The van der Waals surface area contributed by atoms with Crippen LogP contribution in [0.5, 0.6) is 0 Å². The third-order valence-electron chi connectivity index (χ3n) is 4.25. The number of phosphoric acid groups is 1. The van der Waals surface area contributed by atoms with Crippen LogP contribution in [0, 0.1) is 11.3 Å². The van der Waals surface area contributed by atoms with Gasteiger partial charge in [0.1, 0.15) is 12.7 Å². The number of phosphoric ester groups is 1. The van der Waals surface area contributed by atoms with Crippen molar-refractivity contribution in [1.29, 1.82) is 0 Å². The monoisotopic (exact) mass is 408 g/mol. The zero-order valence-electron chi connectivity index (χ0n) is 17.1. The predicted octanol–water partition coefficient (Wildman–Crippen LogP) is 3.97. The van der Waals surface area contributed by atoms with Crippen LogP contribution in [-0.4, -0.2) is 40.2 Å². The van der Waals surface area contributed by atoms with Gasteiger partial charge in [-0.2, -0.15) is 0 Å². The molecule has 1 unspecified atom stereocenters. The van der Waals surface area contributed by atoms with Crippen LogP contribution in [0.2, 0.25) is 0 Å². The molecule has 0 aromatic heterocycles. The summed E-state index contributed by atoms with van der Waals surface area (Å²) < 4.78 is 19.5. The maximum atomic E-state index is 11.7. The SMILES string of the molecule is CCCCCC(C)(C)/C=C\CC(C)CCC(=O)OC[C@@H](O)COP(=O)(O)O. The lowest BCUT2D eigenvalue weighted by atomic mass is 9.86. The number of hydrogen-bond donors (Lipinski definition) is 3. The first kappa shape index (κ1) is 26.3. The third kappa shape index (κ3) is 17.1. The highest BCUT2D eigenvalue weighted by molar-refractivity contribution is 7.46. The van der Waals surface area contributed by atoms with Gasteiger partial charge in [0.05, 0.1) is 6.61 Å². The summed E-state index contributed by atoms with van der Waals surface area (Å²) in [6.45, 7) is 7.81. The molecule has 2 atom stereocenters. The van der Waals surface area contributed by atoms with Crippen LogP contribution in [0.1, 0.15) is 72.6 Å². The van der Waals surface area contributed by atoms with Crippen molar-refractivity contribution in [1.82, 2.24) is 0 Å². The first-order chi connectivity index (χ1) is 12.4. The number of hydrogen-bond acceptors (Lipinski definition) is 5. The average Bonchev–Trinajstić information content (AvgIpc) is 2.55. The van der Waals surface area contributed by atoms with E-state index in [1.54, 1.807) is 0 Å². The number of rotatable bonds is 15. The van der Waals surface area contributed by atoms with Crippen molar-refractivity contribution < 1.29 is 33.5 Å². The summed E-state index contributed by atoms with van der Waals surface area (Å²) in [6, 6.07) is 0. The van der Waals surface area contributed by atoms with Crippen molar-refractivity contribution in [3.8, 4) is 0 Å². The number of aliphatic hydroxyl groups is 1. The minimum atomic E-state index is -4.63. The summed E-state index contributed by atoms with van der Waals surface area (Å²) in [5, 5.41) is 9.45. The molecule has 0 fully saturated rings. The lowest BCUT2D eigenvalue weighted by Crippen LogP contribution is -2.23. The standard InChI is InChI=1S/C19H37O7P/c1-5-6-7-12-19(3,4)13-8-9-16(2)10-11-18(21)25-14-17(20)15-26-27(22,23)24/h8,13,16-17,20H,5-7,9-12,14-15H2,1-4H3,(H2,22,23,24)/b13-8-/t16?,17-/m1/s1. The number of esters is 1. The van der Waals surface area contributed by atoms with Crippen LogP contribution < -0.4 is 0 Å². The molecule has 0 aromatic carbocycles. The minimum absolute atomic E-state index is 0.194. The van der Waals surface area contributed by atoms with Crippen LogP contribution in [0.4, 0.5) is 0 Å². The molecule has 0 aromatic rings. The topological polar surface area (TPSA) is 113 Å². The van der Waals surface area contributed by atoms with Crippen molar-refractivity contribution in [2.75, 3.05) is 13.2 Å². The number of aliphatic hydroxyl groups excluding tert-OH is 1. The van der Waals surface area contributed by atoms with Crippen molar-refractivity contribution in [2.45, 2.75) is 78.7 Å². The van der Waals surface area contributed by atoms with Gasteiger partial charge >= 0.3 is 13.8 Å². The van der Waals surface area contributed by atoms with Crippen LogP contribution in [-0.2, 0) is 18.6 Å². The second-order valence-corrected chi connectivity index (χ2v) is 9.09. The molecule has 0 bridgehead atoms. The molecule has 160 valence electrons. The maximum Gasteiger partial charge on any atom is 0.469 e. The molecule has 7 nitrogen and oxygen atoms in total. The van der Waals surface area contributed by atoms with E-state index in [1.165, 1.54) is 25.7 Å². The number of unbranched alkanes of at least 4 members (excludes halogenated alkanes) is 2. The predicted molar refractivity (Wildman–Crippen MR) is 105 cm³/mol. The fourth-order valence-electron chi connectivity index (χ4n) is 2.51. The summed E-state index contributed by atoms with van der Waals surface area (Å²) in [4.78, 5) is 28.7. The van der Waals surface area contributed by atoms with Crippen molar-refractivity contribution >= 4 is 13.8 Å². The molecular weight excluding hydrogens is 371 g/mol. The first-order valence-electron chi connectivity index (χ1n) is 9.66. The molecule has 0 saturated heterocycles. The van der Waals surface area contributed by atoms with Gasteiger partial charge in [0.25, 0.3) is 0 Å². The maximum absolute atomic E-state index is 11.7. The number of ether oxygens (including phenoxy) is 1. The molecule has 3 N–H and O–H groups in total. The van der Waals surface area contributed by atoms with Crippen molar-refractivity contribution in [2.24, 2.45) is 11.3 Å². The van der Waals surface area contributed by atoms with Gasteiger partial charge in [-0.3, -0.25) is 9.32 Å². The van der Waals surface area contributed by atoms with E-state index in [-0.39, 0.29) is 18.4 Å². The molecule has 0 rings (SSSR count). The fourth-order valence-corrected chi connectivity index (χ4v) is 2.87. The lowest BCUT2D eigenvalue weighted by molar-refractivity contribution is -0.147. The van der Waals surface area contributed by atoms with Gasteiger partial charge in [0, 0.05) is 6.42 Å². The molecule has 0 radical (unpaired) electrons. The molecule has 0 amide bonds. The fraction of sp³-hybridized carbons (Fsp3) is 0.842. The Morgan fingerprint density at radius 2 is 1.89 bits per heavy atom. The Morgan fingerprint density at radius 1 is 1.22 bits per heavy atom. The molecule has 0 saturated carbocycles. The van der Waals surface area contributed by atoms with Gasteiger partial charge in [-0.1, -0.05) is 59.1 Å². The van der Waals surface area contributed by atoms with Gasteiger partial charge in [0.2, 0.25) is 0 Å². The molecule has 0 heterocycles. The normalized spacial score (nSPS) is 15.1. The molecule has 0 spiro atoms. The number of carbonyl (C=O) groups is 1. The van der Waals surface area contributed by atoms with Gasteiger partial charge in [0.15, 0.2) is 0 Å². The highest BCUT2D eigenvalue weighted by Crippen LogP contribution is 2.35. The summed E-state index contributed by atoms with van der Waals surface area (Å²) in [6.07, 6.45) is 9.87. The van der Waals surface area contributed by atoms with Crippen molar-refractivity contribution in [3.63, 3.8) is 0 Å². The largest absolute Gasteiger partial charge is 0.469 e. The highest BCUT2D eigenvalue weighted by Gasteiger charge is 2.18. The van der Waals surface area contributed by atoms with Crippen LogP contribution >= 0.6 is 7.82 Å². The van der Waals surface area contributed by atoms with Crippen LogP contribution in [0.3, 0.4) is 0 Å². The molecule has 0 aliphatic rings. The third-order valence-corrected chi connectivity index (χ3v) is 4.73. The number of carbonyl (C=O) groups excluding carboxylic acids is 1. The van der Waals surface area contributed by atoms with Crippen LogP contribution in [0.15, 0.2) is 12.2 Å². The zero-order valence-corrected chi connectivity index (χ0v) is 18.0. The summed E-state index contributed by atoms with van der Waals surface area (Å²) in [5.74, 6) is -0.107. The average molecular weight is 408 g/mol. The van der Waals surface area contributed by atoms with Crippen molar-refractivity contribution in [3.05, 3.63) is 12.2 Å². The summed E-state index contributed by atoms with van der Waals surface area (Å²) >= 11 is 0. The first-order valence-corrected chi connectivity index (χ1v) is 11.2. The molecule has 0 aliphatic carbocycles. The Hall–Kier alpha value is -0.720. The molecule has 8 heteroatoms. The minimum Gasteiger partial charge on any atom is -0.463 e. The van der Waals surface area contributed by atoms with Gasteiger partial charge < -0.3 is 19.6 Å². The molecule has 27 heavy (non-hydrogen) atoms. The zero-order chi connectivity index (χ0) is 20.9. The molecular formula is C19H37O7P. The second-order valence-electron chi connectivity index (χ2n) is 7.85. The highest BCUT2D eigenvalue weighted by atomic mass is 31.2. The Balaban J connectivity index is 3.96. The Labute approximate surface area is 163 Å². The van der Waals surface area contributed by atoms with E-state index >= 15 is 0 Å².